The normalized spacial score (nSPS) is 10.8. The molecule has 0 saturated carbocycles. The molecular weight excluding hydrogens is 407 g/mol. The number of nitrogen functional groups attached to an aromatic ring is 2. The van der Waals surface area contributed by atoms with Crippen LogP contribution in [-0.4, -0.2) is 37.9 Å². The fraction of sp³-hybridized carbons (Fsp3) is 0.105. The molecule has 0 aliphatic carbocycles. The lowest BCUT2D eigenvalue weighted by atomic mass is 10.2. The molecule has 158 valence electrons. The van der Waals surface area contributed by atoms with E-state index >= 15 is 0 Å². The molecule has 12 heteroatoms. The van der Waals surface area contributed by atoms with Crippen molar-refractivity contribution in [1.29, 1.82) is 0 Å². The van der Waals surface area contributed by atoms with Gasteiger partial charge in [0.15, 0.2) is 17.5 Å². The van der Waals surface area contributed by atoms with Crippen molar-refractivity contribution < 1.29 is 18.3 Å². The van der Waals surface area contributed by atoms with Crippen molar-refractivity contribution in [2.45, 2.75) is 6.54 Å². The van der Waals surface area contributed by atoms with Gasteiger partial charge in [-0.15, -0.1) is 0 Å². The Kier molecular flexibility index (Phi) is 5.18. The highest BCUT2D eigenvalue weighted by molar-refractivity contribution is 5.92. The number of hydrogen-bond donors (Lipinski definition) is 3. The van der Waals surface area contributed by atoms with E-state index in [0.29, 0.717) is 17.0 Å². The number of ether oxygens (including phenoxy) is 1. The van der Waals surface area contributed by atoms with Gasteiger partial charge in [0, 0.05) is 11.6 Å². The quantitative estimate of drug-likeness (QED) is 0.437. The summed E-state index contributed by atoms with van der Waals surface area (Å²) >= 11 is 0. The molecule has 0 aliphatic rings. The molecule has 4 aromatic rings. The molecule has 31 heavy (non-hydrogen) atoms. The molecule has 4 rings (SSSR count). The minimum atomic E-state index is -0.768. The van der Waals surface area contributed by atoms with Gasteiger partial charge in [-0.1, -0.05) is 18.2 Å². The first-order valence-electron chi connectivity index (χ1n) is 8.95. The van der Waals surface area contributed by atoms with Gasteiger partial charge in [0.2, 0.25) is 5.89 Å². The number of halogens is 1. The standard InChI is InChI=1S/C19H17FN8O3/c1-30-19(29)24-14-15(21)25-17(26-16(14)22)12-8-13(18-23-6-7-31-18)28(27-12)9-10-4-2-3-5-11(10)20/h2-8H,9H2,1H3,(H,24,29)(H4,21,22,25,26). The van der Waals surface area contributed by atoms with Gasteiger partial charge in [-0.05, 0) is 6.07 Å². The smallest absolute Gasteiger partial charge is 0.411 e. The maximum absolute atomic E-state index is 14.2. The zero-order valence-electron chi connectivity index (χ0n) is 16.2. The van der Waals surface area contributed by atoms with Crippen molar-refractivity contribution in [3.8, 4) is 23.1 Å². The minimum absolute atomic E-state index is 0.0225. The number of oxazole rings is 1. The van der Waals surface area contributed by atoms with Gasteiger partial charge in [-0.2, -0.15) is 5.10 Å². The highest BCUT2D eigenvalue weighted by atomic mass is 19.1. The first kappa shape index (κ1) is 19.8. The summed E-state index contributed by atoms with van der Waals surface area (Å²) in [5.41, 5.74) is 13.1. The Morgan fingerprint density at radius 2 is 2.00 bits per heavy atom. The number of nitrogens with two attached hydrogens (primary N) is 2. The maximum Gasteiger partial charge on any atom is 0.411 e. The van der Waals surface area contributed by atoms with E-state index in [0.717, 1.165) is 0 Å². The number of carbonyl (C=O) groups is 1. The van der Waals surface area contributed by atoms with E-state index in [4.69, 9.17) is 15.9 Å². The average Bonchev–Trinajstić information content (AvgIpc) is 3.42. The highest BCUT2D eigenvalue weighted by Crippen LogP contribution is 2.29. The van der Waals surface area contributed by atoms with Crippen molar-refractivity contribution in [1.82, 2.24) is 24.7 Å². The van der Waals surface area contributed by atoms with Gasteiger partial charge in [-0.25, -0.2) is 24.1 Å². The number of amides is 1. The lowest BCUT2D eigenvalue weighted by Gasteiger charge is -2.09. The number of benzene rings is 1. The number of carbonyl (C=O) groups excluding carboxylic acids is 1. The van der Waals surface area contributed by atoms with E-state index in [1.54, 1.807) is 24.3 Å². The topological polar surface area (TPSA) is 160 Å². The fourth-order valence-electron chi connectivity index (χ4n) is 2.85. The Hall–Kier alpha value is -4.48. The number of nitrogens with one attached hydrogen (secondary N) is 1. The molecule has 0 saturated heterocycles. The summed E-state index contributed by atoms with van der Waals surface area (Å²) in [7, 11) is 1.20. The minimum Gasteiger partial charge on any atom is -0.453 e. The Morgan fingerprint density at radius 3 is 2.65 bits per heavy atom. The predicted octanol–water partition coefficient (Wildman–Crippen LogP) is 2.53. The van der Waals surface area contributed by atoms with Gasteiger partial charge in [-0.3, -0.25) is 10.00 Å². The third-order valence-electron chi connectivity index (χ3n) is 4.32. The van der Waals surface area contributed by atoms with Gasteiger partial charge < -0.3 is 20.6 Å². The fourth-order valence-corrected chi connectivity index (χ4v) is 2.85. The number of nitrogens with zero attached hydrogens (tertiary/aromatic N) is 5. The van der Waals surface area contributed by atoms with Gasteiger partial charge in [0.05, 0.1) is 19.9 Å². The van der Waals surface area contributed by atoms with E-state index < -0.39 is 6.09 Å². The van der Waals surface area contributed by atoms with Crippen molar-refractivity contribution in [3.63, 3.8) is 0 Å². The summed E-state index contributed by atoms with van der Waals surface area (Å²) in [5.74, 6) is -0.144. The molecule has 0 aliphatic heterocycles. The number of hydrogen-bond acceptors (Lipinski definition) is 9. The first-order chi connectivity index (χ1) is 15.0. The SMILES string of the molecule is COC(=O)Nc1c(N)nc(-c2cc(-c3ncco3)n(Cc3ccccc3F)n2)nc1N. The molecule has 0 fully saturated rings. The number of methoxy groups -OCH3 is 1. The lowest BCUT2D eigenvalue weighted by molar-refractivity contribution is 0.187. The molecule has 11 nitrogen and oxygen atoms in total. The average molecular weight is 424 g/mol. The van der Waals surface area contributed by atoms with Crippen molar-refractivity contribution in [3.05, 3.63) is 54.2 Å². The third kappa shape index (κ3) is 3.99. The van der Waals surface area contributed by atoms with Gasteiger partial charge >= 0.3 is 6.09 Å². The summed E-state index contributed by atoms with van der Waals surface area (Å²) in [6, 6.07) is 7.96. The number of anilines is 3. The van der Waals surface area contributed by atoms with E-state index in [1.807, 2.05) is 0 Å². The molecule has 0 unspecified atom stereocenters. The molecule has 1 aromatic carbocycles. The van der Waals surface area contributed by atoms with Crippen LogP contribution in [0.25, 0.3) is 23.1 Å². The second-order valence-corrected chi connectivity index (χ2v) is 6.31. The Labute approximate surface area is 174 Å². The summed E-state index contributed by atoms with van der Waals surface area (Å²) in [4.78, 5) is 23.9. The van der Waals surface area contributed by atoms with Crippen molar-refractivity contribution >= 4 is 23.4 Å². The molecule has 3 heterocycles. The van der Waals surface area contributed by atoms with Crippen LogP contribution < -0.4 is 16.8 Å². The Balaban J connectivity index is 1.76. The summed E-state index contributed by atoms with van der Waals surface area (Å²) < 4.78 is 25.6. The van der Waals surface area contributed by atoms with Crippen LogP contribution in [0, 0.1) is 5.82 Å². The largest absolute Gasteiger partial charge is 0.453 e. The van der Waals surface area contributed by atoms with Crippen molar-refractivity contribution in [2.24, 2.45) is 0 Å². The van der Waals surface area contributed by atoms with Crippen LogP contribution in [0.15, 0.2) is 47.2 Å². The molecule has 0 spiro atoms. The highest BCUT2D eigenvalue weighted by Gasteiger charge is 2.20. The van der Waals surface area contributed by atoms with Gasteiger partial charge in [0.1, 0.15) is 29.2 Å². The third-order valence-corrected chi connectivity index (χ3v) is 4.32. The Morgan fingerprint density at radius 1 is 1.26 bits per heavy atom. The predicted molar refractivity (Wildman–Crippen MR) is 109 cm³/mol. The molecular formula is C19H17FN8O3. The van der Waals surface area contributed by atoms with Crippen LogP contribution in [0.2, 0.25) is 0 Å². The molecule has 1 amide bonds. The van der Waals surface area contributed by atoms with Crippen LogP contribution in [0.5, 0.6) is 0 Å². The molecule has 0 bridgehead atoms. The summed E-state index contributed by atoms with van der Waals surface area (Å²) in [5, 5.41) is 6.82. The van der Waals surface area contributed by atoms with Crippen LogP contribution in [-0.2, 0) is 11.3 Å². The van der Waals surface area contributed by atoms with Crippen LogP contribution in [0.1, 0.15) is 5.56 Å². The molecule has 5 N–H and O–H groups in total. The van der Waals surface area contributed by atoms with E-state index in [1.165, 1.54) is 30.3 Å². The van der Waals surface area contributed by atoms with Crippen LogP contribution in [0.4, 0.5) is 26.5 Å². The Bertz CT molecular complexity index is 1220. The van der Waals surface area contributed by atoms with E-state index in [2.05, 4.69) is 30.1 Å². The van der Waals surface area contributed by atoms with Gasteiger partial charge in [0.25, 0.3) is 0 Å². The summed E-state index contributed by atoms with van der Waals surface area (Å²) in [6.07, 6.45) is 2.12. The zero-order chi connectivity index (χ0) is 22.0. The number of aromatic nitrogens is 5. The zero-order valence-corrected chi connectivity index (χ0v) is 16.2. The molecule has 0 radical (unpaired) electrons. The number of rotatable bonds is 5. The second-order valence-electron chi connectivity index (χ2n) is 6.31. The van der Waals surface area contributed by atoms with E-state index in [9.17, 15) is 9.18 Å². The van der Waals surface area contributed by atoms with Crippen LogP contribution in [0.3, 0.4) is 0 Å². The first-order valence-corrected chi connectivity index (χ1v) is 8.95. The van der Waals surface area contributed by atoms with E-state index in [-0.39, 0.29) is 41.4 Å². The lowest BCUT2D eigenvalue weighted by Crippen LogP contribution is -2.16. The summed E-state index contributed by atoms with van der Waals surface area (Å²) in [6.45, 7) is 0.108. The van der Waals surface area contributed by atoms with Crippen LogP contribution >= 0.6 is 0 Å². The maximum atomic E-state index is 14.2. The second kappa shape index (κ2) is 8.10. The monoisotopic (exact) mass is 424 g/mol. The van der Waals surface area contributed by atoms with Crippen molar-refractivity contribution in [2.75, 3.05) is 23.9 Å². The molecule has 0 atom stereocenters. The molecule has 3 aromatic heterocycles.